The summed E-state index contributed by atoms with van der Waals surface area (Å²) < 4.78 is 28.0. The smallest absolute Gasteiger partial charge is 0.423 e. The van der Waals surface area contributed by atoms with Crippen molar-refractivity contribution in [1.29, 1.82) is 0 Å². The van der Waals surface area contributed by atoms with Crippen molar-refractivity contribution in [2.24, 2.45) is 0 Å². The molecule has 8 rings (SSSR count). The zero-order valence-corrected chi connectivity index (χ0v) is 42.3. The number of benzene rings is 6. The van der Waals surface area contributed by atoms with Crippen LogP contribution >= 0.6 is 0 Å². The summed E-state index contributed by atoms with van der Waals surface area (Å²) in [5, 5.41) is 17.9. The lowest BCUT2D eigenvalue weighted by atomic mass is 9.74. The van der Waals surface area contributed by atoms with Crippen molar-refractivity contribution in [1.82, 2.24) is 19.9 Å². The summed E-state index contributed by atoms with van der Waals surface area (Å²) in [6.07, 6.45) is 4.26. The van der Waals surface area contributed by atoms with Crippen LogP contribution in [-0.2, 0) is 10.1 Å². The first-order valence-corrected chi connectivity index (χ1v) is 24.3. The Hall–Kier alpha value is -6.79. The summed E-state index contributed by atoms with van der Waals surface area (Å²) in [7, 11) is -5.04. The van der Waals surface area contributed by atoms with E-state index >= 15 is 0 Å². The minimum absolute atomic E-state index is 0.0419. The molecule has 0 unspecified atom stereocenters. The van der Waals surface area contributed by atoms with Crippen molar-refractivity contribution in [2.45, 2.75) is 83.1 Å². The van der Waals surface area contributed by atoms with Crippen LogP contribution < -0.4 is 9.65 Å². The Morgan fingerprint density at radius 1 is 0.441 bits per heavy atom. The Labute approximate surface area is 403 Å². The molecule has 0 saturated heterocycles. The molecule has 6 aromatic carbocycles. The van der Waals surface area contributed by atoms with Gasteiger partial charge in [-0.3, -0.25) is 4.98 Å². The highest BCUT2D eigenvalue weighted by Crippen LogP contribution is 2.36. The van der Waals surface area contributed by atoms with Gasteiger partial charge in [-0.25, -0.2) is 15.0 Å². The highest BCUT2D eigenvalue weighted by molar-refractivity contribution is 7.86. The second-order valence-electron chi connectivity index (χ2n) is 18.1. The molecule has 2 heterocycles. The highest BCUT2D eigenvalue weighted by Gasteiger charge is 2.19. The van der Waals surface area contributed by atoms with Crippen molar-refractivity contribution in [2.75, 3.05) is 6.26 Å². The molecule has 0 bridgehead atoms. The van der Waals surface area contributed by atoms with E-state index in [1.807, 2.05) is 90.2 Å². The van der Waals surface area contributed by atoms with Crippen LogP contribution in [0.5, 0.6) is 5.88 Å². The molecule has 11 heteroatoms. The van der Waals surface area contributed by atoms with Gasteiger partial charge in [0.1, 0.15) is 5.69 Å². The van der Waals surface area contributed by atoms with Gasteiger partial charge in [-0.2, -0.15) is 8.42 Å². The summed E-state index contributed by atoms with van der Waals surface area (Å²) in [4.78, 5) is 19.1. The van der Waals surface area contributed by atoms with Gasteiger partial charge in [-0.05, 0) is 148 Å². The normalized spacial score (nSPS) is 11.0. The Morgan fingerprint density at radius 2 is 0.765 bits per heavy atom. The number of aromatic nitrogens is 4. The lowest BCUT2D eigenvalue weighted by molar-refractivity contribution is 0.425. The van der Waals surface area contributed by atoms with Crippen molar-refractivity contribution in [3.8, 4) is 62.2 Å². The largest absolute Gasteiger partial charge is 0.488 e. The summed E-state index contributed by atoms with van der Waals surface area (Å²) >= 11 is 0. The third-order valence-electron chi connectivity index (χ3n) is 11.3. The van der Waals surface area contributed by atoms with Crippen LogP contribution in [0.4, 0.5) is 0 Å². The first kappa shape index (κ1) is 50.6. The van der Waals surface area contributed by atoms with Crippen LogP contribution in [0.15, 0.2) is 122 Å². The van der Waals surface area contributed by atoms with E-state index in [4.69, 9.17) is 24.2 Å². The molecule has 0 atom stereocenters. The van der Waals surface area contributed by atoms with Gasteiger partial charge in [-0.15, -0.1) is 0 Å². The van der Waals surface area contributed by atoms with Crippen LogP contribution in [0.3, 0.4) is 0 Å². The van der Waals surface area contributed by atoms with E-state index in [-0.39, 0.29) is 5.88 Å². The monoisotopic (exact) mass is 924 g/mol. The number of hydrogen-bond donors (Lipinski definition) is 2. The molecule has 2 aromatic heterocycles. The predicted octanol–water partition coefficient (Wildman–Crippen LogP) is 11.7. The summed E-state index contributed by atoms with van der Waals surface area (Å²) in [6.45, 7) is 24.6. The molecule has 8 aromatic rings. The molecule has 0 saturated carbocycles. The van der Waals surface area contributed by atoms with E-state index in [0.29, 0.717) is 16.9 Å². The molecule has 0 radical (unpaired) electrons. The van der Waals surface area contributed by atoms with Gasteiger partial charge in [0.25, 0.3) is 5.88 Å². The fourth-order valence-corrected chi connectivity index (χ4v) is 9.19. The van der Waals surface area contributed by atoms with Crippen LogP contribution in [0, 0.1) is 83.1 Å². The lowest BCUT2D eigenvalue weighted by Gasteiger charge is -2.15. The molecule has 0 amide bonds. The van der Waals surface area contributed by atoms with Gasteiger partial charge < -0.3 is 14.2 Å². The number of rotatable bonds is 8. The first-order chi connectivity index (χ1) is 32.0. The lowest BCUT2D eigenvalue weighted by Crippen LogP contribution is -2.34. The number of hydrogen-bond acceptors (Lipinski definition) is 9. The summed E-state index contributed by atoms with van der Waals surface area (Å²) in [6, 6.07) is 37.5. The van der Waals surface area contributed by atoms with Crippen molar-refractivity contribution < 1.29 is 22.6 Å². The standard InChI is InChI=1S/C28H28N2.C21H22N2O3S.C8H11BO2/c1-17-10-18(2)13-23(12-17)27-28(24-14-19(3)11-20(4)15-24)30-25(16-29-27)26-21(5)8-7-9-22(26)6;1-13-6-14(2)9-17(8-13)20-21(18-10-15(3)7-16(4)11-18)23-19(12-22-20)26-27(5,24)25;1-6-4-3-5-7(2)8(6)9(10)11/h7-16H,1-6H3;6-12H,1-5H3;3-5,10-11H,1-2H3. The van der Waals surface area contributed by atoms with Gasteiger partial charge in [0.15, 0.2) is 0 Å². The second-order valence-corrected chi connectivity index (χ2v) is 19.7. The van der Waals surface area contributed by atoms with E-state index in [9.17, 15) is 8.42 Å². The van der Waals surface area contributed by atoms with Gasteiger partial charge in [0.2, 0.25) is 0 Å². The van der Waals surface area contributed by atoms with Crippen molar-refractivity contribution in [3.05, 3.63) is 188 Å². The fourth-order valence-electron chi connectivity index (χ4n) is 8.80. The maximum atomic E-state index is 11.5. The average Bonchev–Trinajstić information content (AvgIpc) is 3.22. The van der Waals surface area contributed by atoms with E-state index < -0.39 is 17.2 Å². The van der Waals surface area contributed by atoms with Gasteiger partial charge in [0.05, 0.1) is 41.4 Å². The minimum atomic E-state index is -3.69. The Kier molecular flexibility index (Phi) is 16.0. The van der Waals surface area contributed by atoms with Gasteiger partial charge in [-0.1, -0.05) is 116 Å². The maximum Gasteiger partial charge on any atom is 0.488 e. The van der Waals surface area contributed by atoms with E-state index in [0.717, 1.165) is 79.0 Å². The molecule has 0 aliphatic heterocycles. The van der Waals surface area contributed by atoms with Crippen molar-refractivity contribution in [3.63, 3.8) is 0 Å². The Balaban J connectivity index is 0.000000184. The second kappa shape index (κ2) is 21.4. The molecule has 0 aliphatic carbocycles. The highest BCUT2D eigenvalue weighted by atomic mass is 32.2. The molecule has 2 N–H and O–H groups in total. The van der Waals surface area contributed by atoms with Crippen LogP contribution in [0.1, 0.15) is 66.8 Å². The molecule has 9 nitrogen and oxygen atoms in total. The molecule has 0 spiro atoms. The van der Waals surface area contributed by atoms with E-state index in [1.54, 1.807) is 0 Å². The molecule has 68 heavy (non-hydrogen) atoms. The molecule has 0 aliphatic rings. The zero-order chi connectivity index (χ0) is 49.6. The zero-order valence-electron chi connectivity index (χ0n) is 41.4. The van der Waals surface area contributed by atoms with E-state index in [2.05, 4.69) is 118 Å². The fraction of sp³-hybridized carbons (Fsp3) is 0.228. The van der Waals surface area contributed by atoms with Gasteiger partial charge >= 0.3 is 17.2 Å². The molecule has 0 fully saturated rings. The summed E-state index contributed by atoms with van der Waals surface area (Å²) in [5.41, 5.74) is 23.5. The quantitative estimate of drug-likeness (QED) is 0.113. The molecule has 348 valence electrons. The van der Waals surface area contributed by atoms with E-state index in [1.165, 1.54) is 45.1 Å². The van der Waals surface area contributed by atoms with Crippen LogP contribution in [-0.4, -0.2) is 51.8 Å². The molecular weight excluding hydrogens is 864 g/mol. The van der Waals surface area contributed by atoms with Crippen LogP contribution in [0.25, 0.3) is 56.3 Å². The molecular formula is C57H61BN4O5S. The van der Waals surface area contributed by atoms with Gasteiger partial charge in [0, 0.05) is 27.8 Å². The number of aryl methyl sites for hydroxylation is 12. The number of nitrogens with zero attached hydrogens (tertiary/aromatic N) is 4. The predicted molar refractivity (Wildman–Crippen MR) is 280 cm³/mol. The first-order valence-electron chi connectivity index (χ1n) is 22.5. The Bertz CT molecular complexity index is 3140. The summed E-state index contributed by atoms with van der Waals surface area (Å²) in [5.74, 6) is -0.0419. The third kappa shape index (κ3) is 13.0. The average molecular weight is 925 g/mol. The van der Waals surface area contributed by atoms with Crippen molar-refractivity contribution >= 4 is 22.7 Å². The van der Waals surface area contributed by atoms with Crippen LogP contribution in [0.2, 0.25) is 0 Å². The minimum Gasteiger partial charge on any atom is -0.423 e. The topological polar surface area (TPSA) is 135 Å². The maximum absolute atomic E-state index is 11.5. The Morgan fingerprint density at radius 3 is 1.10 bits per heavy atom. The third-order valence-corrected chi connectivity index (χ3v) is 11.8. The SMILES string of the molecule is Cc1cc(C)cc(-c2ncc(-c3c(C)cccc3C)nc2-c2cc(C)cc(C)c2)c1.Cc1cc(C)cc(-c2ncc(OS(C)(=O)=O)nc2-c2cc(C)cc(C)c2)c1.Cc1cccc(C)c1B(O)O.